The number of benzene rings is 2. The summed E-state index contributed by atoms with van der Waals surface area (Å²) in [5.41, 5.74) is 9.79. The lowest BCUT2D eigenvalue weighted by Crippen LogP contribution is -2.33. The largest absolute Gasteiger partial charge is 0.370 e. The fourth-order valence-corrected chi connectivity index (χ4v) is 2.74. The molecule has 2 rings (SSSR count). The van der Waals surface area contributed by atoms with Gasteiger partial charge in [-0.2, -0.15) is 0 Å². The van der Waals surface area contributed by atoms with Crippen molar-refractivity contribution in [3.05, 3.63) is 71.3 Å². The molecule has 0 aliphatic carbocycles. The zero-order valence-corrected chi connectivity index (χ0v) is 18.1. The van der Waals surface area contributed by atoms with Gasteiger partial charge in [0.25, 0.3) is 0 Å². The highest BCUT2D eigenvalue weighted by atomic mass is 127. The molecule has 142 valence electrons. The smallest absolute Gasteiger partial charge is 0.188 e. The lowest BCUT2D eigenvalue weighted by molar-refractivity contribution is 0.296. The lowest BCUT2D eigenvalue weighted by atomic mass is 10.1. The maximum absolute atomic E-state index is 5.98. The van der Waals surface area contributed by atoms with Gasteiger partial charge in [-0.1, -0.05) is 68.4 Å². The van der Waals surface area contributed by atoms with Gasteiger partial charge in [-0.15, -0.1) is 24.0 Å². The Labute approximate surface area is 174 Å². The summed E-state index contributed by atoms with van der Waals surface area (Å²) in [5.74, 6) is 0.505. The van der Waals surface area contributed by atoms with Crippen molar-refractivity contribution in [2.24, 2.45) is 10.7 Å². The van der Waals surface area contributed by atoms with E-state index in [1.54, 1.807) is 0 Å². The summed E-state index contributed by atoms with van der Waals surface area (Å²) in [4.78, 5) is 6.86. The molecular weight excluding hydrogens is 435 g/mol. The second-order valence-electron chi connectivity index (χ2n) is 6.15. The van der Waals surface area contributed by atoms with Crippen molar-refractivity contribution in [2.45, 2.75) is 33.4 Å². The summed E-state index contributed by atoms with van der Waals surface area (Å²) < 4.78 is 0. The van der Waals surface area contributed by atoms with E-state index in [1.807, 2.05) is 6.07 Å². The maximum atomic E-state index is 5.98. The predicted molar refractivity (Wildman–Crippen MR) is 122 cm³/mol. The summed E-state index contributed by atoms with van der Waals surface area (Å²) >= 11 is 0. The van der Waals surface area contributed by atoms with Crippen LogP contribution in [0.15, 0.2) is 59.6 Å². The molecule has 2 aromatic carbocycles. The number of hydrogen-bond donors (Lipinski definition) is 2. The van der Waals surface area contributed by atoms with Crippen LogP contribution in [0.1, 0.15) is 30.5 Å². The first-order chi connectivity index (χ1) is 12.2. The number of nitrogens with two attached hydrogens (primary N) is 1. The number of nitrogens with zero attached hydrogens (tertiary/aromatic N) is 2. The predicted octanol–water partition coefficient (Wildman–Crippen LogP) is 3.79. The third-order valence-corrected chi connectivity index (χ3v) is 4.29. The Morgan fingerprint density at radius 1 is 0.962 bits per heavy atom. The van der Waals surface area contributed by atoms with Crippen LogP contribution in [-0.4, -0.2) is 30.5 Å². The van der Waals surface area contributed by atoms with E-state index in [0.717, 1.165) is 32.6 Å². The minimum absolute atomic E-state index is 0. The van der Waals surface area contributed by atoms with Gasteiger partial charge in [0.2, 0.25) is 0 Å². The Hall–Kier alpha value is -1.60. The van der Waals surface area contributed by atoms with Gasteiger partial charge in [-0.05, 0) is 36.2 Å². The second kappa shape index (κ2) is 12.7. The number of hydrogen-bond acceptors (Lipinski definition) is 2. The number of halogens is 1. The lowest BCUT2D eigenvalue weighted by Gasteiger charge is -2.18. The zero-order chi connectivity index (χ0) is 17.9. The minimum atomic E-state index is 0. The second-order valence-corrected chi connectivity index (χ2v) is 6.15. The van der Waals surface area contributed by atoms with Crippen LogP contribution in [0.4, 0.5) is 0 Å². The van der Waals surface area contributed by atoms with Crippen LogP contribution in [0, 0.1) is 0 Å². The average molecular weight is 466 g/mol. The first kappa shape index (κ1) is 22.4. The van der Waals surface area contributed by atoms with E-state index in [9.17, 15) is 0 Å². The van der Waals surface area contributed by atoms with Gasteiger partial charge in [0.05, 0.1) is 6.54 Å². The summed E-state index contributed by atoms with van der Waals surface area (Å²) in [6.07, 6.45) is 0.941. The highest BCUT2D eigenvalue weighted by Crippen LogP contribution is 2.09. The monoisotopic (exact) mass is 466 g/mol. The molecule has 2 aromatic rings. The Balaban J connectivity index is 0.00000338. The zero-order valence-electron chi connectivity index (χ0n) is 15.8. The standard InChI is InChI=1S/C21H30N4.HI/c1-3-25(4-2)17-20-12-8-11-19(15-20)16-24-21(22)23-14-13-18-9-6-5-7-10-18;/h5-12,15H,3-4,13-14,16-17H2,1-2H3,(H3,22,23,24);1H. The van der Waals surface area contributed by atoms with E-state index in [4.69, 9.17) is 5.73 Å². The quantitative estimate of drug-likeness (QED) is 0.336. The molecule has 0 heterocycles. The highest BCUT2D eigenvalue weighted by molar-refractivity contribution is 14.0. The van der Waals surface area contributed by atoms with Crippen molar-refractivity contribution in [2.75, 3.05) is 19.6 Å². The molecule has 4 nitrogen and oxygen atoms in total. The molecule has 0 atom stereocenters. The molecular formula is C21H31IN4. The van der Waals surface area contributed by atoms with E-state index >= 15 is 0 Å². The van der Waals surface area contributed by atoms with Gasteiger partial charge in [-0.25, -0.2) is 4.99 Å². The summed E-state index contributed by atoms with van der Waals surface area (Å²) in [6.45, 7) is 8.90. The van der Waals surface area contributed by atoms with Gasteiger partial charge in [0.15, 0.2) is 5.96 Å². The Morgan fingerprint density at radius 3 is 2.31 bits per heavy atom. The van der Waals surface area contributed by atoms with Gasteiger partial charge in [0, 0.05) is 13.1 Å². The van der Waals surface area contributed by atoms with Crippen LogP contribution in [0.5, 0.6) is 0 Å². The van der Waals surface area contributed by atoms with E-state index in [-0.39, 0.29) is 24.0 Å². The van der Waals surface area contributed by atoms with Crippen LogP contribution >= 0.6 is 24.0 Å². The number of rotatable bonds is 9. The molecule has 0 spiro atoms. The topological polar surface area (TPSA) is 53.6 Å². The first-order valence-electron chi connectivity index (χ1n) is 9.09. The van der Waals surface area contributed by atoms with E-state index in [2.05, 4.69) is 77.6 Å². The number of aliphatic imine (C=N–C) groups is 1. The van der Waals surface area contributed by atoms with E-state index in [0.29, 0.717) is 12.5 Å². The van der Waals surface area contributed by atoms with Gasteiger partial charge >= 0.3 is 0 Å². The Morgan fingerprint density at radius 2 is 1.62 bits per heavy atom. The molecule has 0 saturated heterocycles. The van der Waals surface area contributed by atoms with E-state index in [1.165, 1.54) is 16.7 Å². The number of guanidine groups is 1. The van der Waals surface area contributed by atoms with Crippen LogP contribution in [0.2, 0.25) is 0 Å². The molecule has 0 bridgehead atoms. The van der Waals surface area contributed by atoms with Crippen molar-refractivity contribution in [3.8, 4) is 0 Å². The molecule has 0 saturated carbocycles. The SMILES string of the molecule is CCN(CC)Cc1cccc(CN=C(N)NCCc2ccccc2)c1.I. The third kappa shape index (κ3) is 8.19. The Kier molecular flexibility index (Phi) is 11.0. The molecule has 3 N–H and O–H groups in total. The first-order valence-corrected chi connectivity index (χ1v) is 9.09. The molecule has 5 heteroatoms. The van der Waals surface area contributed by atoms with Crippen molar-refractivity contribution in [1.82, 2.24) is 10.2 Å². The molecule has 0 aliphatic rings. The molecule has 0 unspecified atom stereocenters. The van der Waals surface area contributed by atoms with Crippen LogP contribution < -0.4 is 11.1 Å². The highest BCUT2D eigenvalue weighted by Gasteiger charge is 2.02. The van der Waals surface area contributed by atoms with E-state index < -0.39 is 0 Å². The molecule has 0 amide bonds. The van der Waals surface area contributed by atoms with Gasteiger partial charge < -0.3 is 11.1 Å². The van der Waals surface area contributed by atoms with Crippen LogP contribution in [0.3, 0.4) is 0 Å². The van der Waals surface area contributed by atoms with Crippen molar-refractivity contribution < 1.29 is 0 Å². The third-order valence-electron chi connectivity index (χ3n) is 4.29. The Bertz CT molecular complexity index is 654. The normalized spacial score (nSPS) is 11.3. The molecule has 0 aromatic heterocycles. The summed E-state index contributed by atoms with van der Waals surface area (Å²) in [6, 6.07) is 19.0. The molecule has 0 radical (unpaired) electrons. The van der Waals surface area contributed by atoms with Gasteiger partial charge in [-0.3, -0.25) is 4.90 Å². The van der Waals surface area contributed by atoms with Gasteiger partial charge in [0.1, 0.15) is 0 Å². The van der Waals surface area contributed by atoms with Crippen molar-refractivity contribution >= 4 is 29.9 Å². The minimum Gasteiger partial charge on any atom is -0.370 e. The fourth-order valence-electron chi connectivity index (χ4n) is 2.74. The molecule has 0 fully saturated rings. The summed E-state index contributed by atoms with van der Waals surface area (Å²) in [7, 11) is 0. The maximum Gasteiger partial charge on any atom is 0.188 e. The molecule has 0 aliphatic heterocycles. The van der Waals surface area contributed by atoms with Crippen molar-refractivity contribution in [3.63, 3.8) is 0 Å². The van der Waals surface area contributed by atoms with Crippen LogP contribution in [-0.2, 0) is 19.5 Å². The fraction of sp³-hybridized carbons (Fsp3) is 0.381. The van der Waals surface area contributed by atoms with Crippen LogP contribution in [0.25, 0.3) is 0 Å². The number of nitrogens with one attached hydrogen (secondary N) is 1. The van der Waals surface area contributed by atoms with Crippen molar-refractivity contribution in [1.29, 1.82) is 0 Å². The molecule has 26 heavy (non-hydrogen) atoms. The average Bonchev–Trinajstić information content (AvgIpc) is 2.65. The summed E-state index contributed by atoms with van der Waals surface area (Å²) in [5, 5.41) is 3.19.